The molecule has 10 heteroatoms. The number of carbonyl (C=O) groups excluding carboxylic acids is 1. The Morgan fingerprint density at radius 3 is 2.43 bits per heavy atom. The maximum Gasteiger partial charge on any atom is 0.329 e. The summed E-state index contributed by atoms with van der Waals surface area (Å²) in [6.07, 6.45) is 4.01. The van der Waals surface area contributed by atoms with Crippen LogP contribution in [0.1, 0.15) is 54.6 Å². The number of nitrogens with one attached hydrogen (secondary N) is 1. The third-order valence-corrected chi connectivity index (χ3v) is 7.84. The molecule has 8 nitrogen and oxygen atoms in total. The van der Waals surface area contributed by atoms with Crippen LogP contribution in [-0.2, 0) is 4.79 Å². The maximum atomic E-state index is 13.6. The summed E-state index contributed by atoms with van der Waals surface area (Å²) >= 11 is 6.50. The molecule has 1 amide bonds. The number of benzene rings is 2. The highest BCUT2D eigenvalue weighted by Gasteiger charge is 2.41. The second-order valence-corrected chi connectivity index (χ2v) is 11.2. The minimum absolute atomic E-state index is 0. The van der Waals surface area contributed by atoms with E-state index in [1.54, 1.807) is 19.2 Å². The lowest BCUT2D eigenvalue weighted by molar-refractivity contribution is -0.145. The van der Waals surface area contributed by atoms with E-state index in [0.717, 1.165) is 43.4 Å². The molecule has 1 saturated carbocycles. The number of ether oxygens (including phenoxy) is 2. The van der Waals surface area contributed by atoms with Gasteiger partial charge in [-0.1, -0.05) is 61.2 Å². The van der Waals surface area contributed by atoms with Crippen LogP contribution >= 0.6 is 24.0 Å². The molecule has 1 aliphatic rings. The van der Waals surface area contributed by atoms with Crippen molar-refractivity contribution in [3.8, 4) is 33.9 Å². The summed E-state index contributed by atoms with van der Waals surface area (Å²) in [7, 11) is 5.56. The van der Waals surface area contributed by atoms with E-state index < -0.39 is 17.4 Å². The Kier molecular flexibility index (Phi) is 11.6. The van der Waals surface area contributed by atoms with E-state index in [2.05, 4.69) is 10.2 Å². The number of aryl methyl sites for hydroxylation is 1. The van der Waals surface area contributed by atoms with Crippen molar-refractivity contribution in [1.29, 1.82) is 0 Å². The van der Waals surface area contributed by atoms with Crippen LogP contribution in [0.25, 0.3) is 22.4 Å². The Balaban J connectivity index is 0.00000484. The lowest BCUT2D eigenvalue weighted by Crippen LogP contribution is -2.55. The first kappa shape index (κ1) is 33.2. The van der Waals surface area contributed by atoms with E-state index in [0.29, 0.717) is 52.8 Å². The van der Waals surface area contributed by atoms with Gasteiger partial charge >= 0.3 is 5.97 Å². The van der Waals surface area contributed by atoms with E-state index in [4.69, 9.17) is 26.1 Å². The van der Waals surface area contributed by atoms with Crippen molar-refractivity contribution in [3.05, 3.63) is 64.8 Å². The Bertz CT molecular complexity index is 1410. The molecule has 4 rings (SSSR count). The standard InChI is InChI=1S/C32H38ClN3O5.ClH/c1-21-11-6-7-12-23(21)28-27(40-4)20-25(30(37)35-32(31(38)39)15-8-5-9-16-32)34-29(28)22-13-14-24(33)26(19-22)41-18-10-17-36(2)3;/h6-7,11-14,19-20H,5,8-10,15-18H2,1-4H3,(H,35,37)(H,38,39);1H. The van der Waals surface area contributed by atoms with Crippen LogP contribution in [-0.4, -0.2) is 66.8 Å². The van der Waals surface area contributed by atoms with E-state index >= 15 is 0 Å². The third kappa shape index (κ3) is 7.54. The number of halogens is 2. The van der Waals surface area contributed by atoms with E-state index in [9.17, 15) is 14.7 Å². The second kappa shape index (κ2) is 14.7. The topological polar surface area (TPSA) is 101 Å². The number of pyridine rings is 1. The first-order valence-electron chi connectivity index (χ1n) is 13.9. The second-order valence-electron chi connectivity index (χ2n) is 10.8. The van der Waals surface area contributed by atoms with Gasteiger partial charge in [-0.15, -0.1) is 12.4 Å². The van der Waals surface area contributed by atoms with Crippen molar-refractivity contribution < 1.29 is 24.2 Å². The van der Waals surface area contributed by atoms with E-state index in [1.807, 2.05) is 57.4 Å². The molecule has 0 aliphatic heterocycles. The van der Waals surface area contributed by atoms with Crippen LogP contribution < -0.4 is 14.8 Å². The van der Waals surface area contributed by atoms with Crippen LogP contribution in [0.2, 0.25) is 5.02 Å². The molecule has 0 radical (unpaired) electrons. The van der Waals surface area contributed by atoms with Gasteiger partial charge < -0.3 is 24.8 Å². The van der Waals surface area contributed by atoms with Crippen LogP contribution in [0.15, 0.2) is 48.5 Å². The van der Waals surface area contributed by atoms with Crippen LogP contribution in [0.4, 0.5) is 0 Å². The van der Waals surface area contributed by atoms with Crippen LogP contribution in [0.3, 0.4) is 0 Å². The molecule has 1 aromatic heterocycles. The molecule has 2 N–H and O–H groups in total. The number of carboxylic acid groups (broad SMARTS) is 1. The van der Waals surface area contributed by atoms with Crippen molar-refractivity contribution in [2.75, 3.05) is 34.4 Å². The Morgan fingerprint density at radius 1 is 1.07 bits per heavy atom. The van der Waals surface area contributed by atoms with Crippen molar-refractivity contribution in [3.63, 3.8) is 0 Å². The lowest BCUT2D eigenvalue weighted by atomic mass is 9.81. The molecule has 42 heavy (non-hydrogen) atoms. The van der Waals surface area contributed by atoms with E-state index in [1.165, 1.54) is 0 Å². The van der Waals surface area contributed by atoms with Crippen molar-refractivity contribution >= 4 is 35.9 Å². The zero-order chi connectivity index (χ0) is 29.6. The number of nitrogens with zero attached hydrogens (tertiary/aromatic N) is 2. The molecule has 2 aromatic carbocycles. The number of amides is 1. The molecule has 0 saturated heterocycles. The summed E-state index contributed by atoms with van der Waals surface area (Å²) in [5.74, 6) is -0.616. The lowest BCUT2D eigenvalue weighted by Gasteiger charge is -2.33. The predicted molar refractivity (Wildman–Crippen MR) is 168 cm³/mol. The van der Waals surface area contributed by atoms with Crippen molar-refractivity contribution in [2.24, 2.45) is 0 Å². The summed E-state index contributed by atoms with van der Waals surface area (Å²) in [5.41, 5.74) is 2.58. The fourth-order valence-electron chi connectivity index (χ4n) is 5.27. The molecule has 3 aromatic rings. The molecule has 226 valence electrons. The quantitative estimate of drug-likeness (QED) is 0.233. The van der Waals surface area contributed by atoms with Gasteiger partial charge in [0.25, 0.3) is 5.91 Å². The fraction of sp³-hybridized carbons (Fsp3) is 0.406. The summed E-state index contributed by atoms with van der Waals surface area (Å²) in [6, 6.07) is 14.9. The fourth-order valence-corrected chi connectivity index (χ4v) is 5.45. The molecule has 0 unspecified atom stereocenters. The SMILES string of the molecule is COc1cc(C(=O)NC2(C(=O)O)CCCCC2)nc(-c2ccc(Cl)c(OCCCN(C)C)c2)c1-c1ccccc1C.Cl. The van der Waals surface area contributed by atoms with Gasteiger partial charge in [0.2, 0.25) is 0 Å². The number of hydrogen-bond donors (Lipinski definition) is 2. The molecule has 0 bridgehead atoms. The number of methoxy groups -OCH3 is 1. The molecular formula is C32H39Cl2N3O5. The molecule has 1 heterocycles. The Labute approximate surface area is 258 Å². The van der Waals surface area contributed by atoms with Crippen molar-refractivity contribution in [2.45, 2.75) is 51.0 Å². The highest BCUT2D eigenvalue weighted by Crippen LogP contribution is 2.42. The van der Waals surface area contributed by atoms with Crippen molar-refractivity contribution in [1.82, 2.24) is 15.2 Å². The van der Waals surface area contributed by atoms with Crippen LogP contribution in [0.5, 0.6) is 11.5 Å². The van der Waals surface area contributed by atoms with Gasteiger partial charge in [-0.3, -0.25) is 4.79 Å². The molecule has 0 atom stereocenters. The molecule has 0 spiro atoms. The molecule has 1 fully saturated rings. The number of hydrogen-bond acceptors (Lipinski definition) is 6. The van der Waals surface area contributed by atoms with E-state index in [-0.39, 0.29) is 18.1 Å². The number of aromatic nitrogens is 1. The third-order valence-electron chi connectivity index (χ3n) is 7.53. The number of carbonyl (C=O) groups is 2. The largest absolute Gasteiger partial charge is 0.496 e. The summed E-state index contributed by atoms with van der Waals surface area (Å²) in [6.45, 7) is 3.37. The molecular weight excluding hydrogens is 577 g/mol. The highest BCUT2D eigenvalue weighted by molar-refractivity contribution is 6.32. The highest BCUT2D eigenvalue weighted by atomic mass is 35.5. The first-order valence-corrected chi connectivity index (χ1v) is 14.3. The van der Waals surface area contributed by atoms with Gasteiger partial charge in [0.15, 0.2) is 0 Å². The van der Waals surface area contributed by atoms with Gasteiger partial charge in [-0.2, -0.15) is 0 Å². The Morgan fingerprint density at radius 2 is 1.79 bits per heavy atom. The normalized spacial score (nSPS) is 14.1. The number of rotatable bonds is 11. The summed E-state index contributed by atoms with van der Waals surface area (Å²) in [4.78, 5) is 32.8. The van der Waals surface area contributed by atoms with Gasteiger partial charge in [-0.25, -0.2) is 9.78 Å². The average Bonchev–Trinajstić information content (AvgIpc) is 2.96. The van der Waals surface area contributed by atoms with Gasteiger partial charge in [0, 0.05) is 18.2 Å². The minimum Gasteiger partial charge on any atom is -0.496 e. The zero-order valence-corrected chi connectivity index (χ0v) is 26.1. The number of aliphatic carboxylic acids is 1. The first-order chi connectivity index (χ1) is 19.6. The minimum atomic E-state index is -1.31. The monoisotopic (exact) mass is 615 g/mol. The van der Waals surface area contributed by atoms with Gasteiger partial charge in [-0.05, 0) is 63.5 Å². The smallest absolute Gasteiger partial charge is 0.329 e. The molecule has 1 aliphatic carbocycles. The predicted octanol–water partition coefficient (Wildman–Crippen LogP) is 6.66. The average molecular weight is 617 g/mol. The van der Waals surface area contributed by atoms with Gasteiger partial charge in [0.05, 0.1) is 30.0 Å². The zero-order valence-electron chi connectivity index (χ0n) is 24.5. The summed E-state index contributed by atoms with van der Waals surface area (Å²) in [5, 5.41) is 13.3. The van der Waals surface area contributed by atoms with Gasteiger partial charge in [0.1, 0.15) is 22.7 Å². The maximum absolute atomic E-state index is 13.6. The summed E-state index contributed by atoms with van der Waals surface area (Å²) < 4.78 is 11.9. The number of carboxylic acids is 1. The Hall–Kier alpha value is -3.33. The van der Waals surface area contributed by atoms with Crippen LogP contribution in [0, 0.1) is 6.92 Å².